The minimum absolute atomic E-state index is 0.563. The number of nitriles is 1. The van der Waals surface area contributed by atoms with E-state index >= 15 is 0 Å². The maximum atomic E-state index is 8.57. The van der Waals surface area contributed by atoms with Gasteiger partial charge >= 0.3 is 0 Å². The summed E-state index contributed by atoms with van der Waals surface area (Å²) >= 11 is 0. The Morgan fingerprint density at radius 2 is 1.56 bits per heavy atom. The van der Waals surface area contributed by atoms with E-state index in [2.05, 4.69) is 0 Å². The molecule has 0 aromatic heterocycles. The fraction of sp³-hybridized carbons (Fsp3) is 0.182. The lowest BCUT2D eigenvalue weighted by Crippen LogP contribution is -1.90. The molecule has 1 rings (SSSR count). The van der Waals surface area contributed by atoms with E-state index in [1.807, 2.05) is 19.6 Å². The van der Waals surface area contributed by atoms with Crippen LogP contribution >= 0.6 is 0 Å². The molecule has 0 saturated carbocycles. The highest BCUT2D eigenvalue weighted by molar-refractivity contribution is 5.46. The molecule has 0 bridgehead atoms. The summed E-state index contributed by atoms with van der Waals surface area (Å²) in [4.78, 5) is 16.0. The van der Waals surface area contributed by atoms with Crippen molar-refractivity contribution in [3.8, 4) is 17.6 Å². The Bertz CT molecular complexity index is 344. The number of methoxy groups -OCH3 is 2. The molecule has 0 atom stereocenters. The monoisotopic (exact) mass is 223 g/mol. The zero-order valence-electron chi connectivity index (χ0n) is 9.23. The number of ether oxygens (including phenoxy) is 2. The van der Waals surface area contributed by atoms with Crippen molar-refractivity contribution in [2.24, 2.45) is 0 Å². The van der Waals surface area contributed by atoms with Crippen LogP contribution in [0.5, 0.6) is 11.5 Å². The molecule has 1 aromatic carbocycles. The lowest BCUT2D eigenvalue weighted by molar-refractivity contribution is -0.0987. The highest BCUT2D eigenvalue weighted by atomic mass is 16.5. The molecule has 0 aliphatic rings. The van der Waals surface area contributed by atoms with Gasteiger partial charge in [-0.3, -0.25) is 0 Å². The quantitative estimate of drug-likeness (QED) is 0.753. The lowest BCUT2D eigenvalue weighted by atomic mass is 10.2. The summed E-state index contributed by atoms with van der Waals surface area (Å²) in [6.45, 7) is 4.00. The molecule has 0 aliphatic carbocycles. The van der Waals surface area contributed by atoms with Crippen molar-refractivity contribution in [2.45, 2.75) is 0 Å². The van der Waals surface area contributed by atoms with Gasteiger partial charge in [0.25, 0.3) is 0 Å². The van der Waals surface area contributed by atoms with Gasteiger partial charge < -0.3 is 19.1 Å². The second-order valence-corrected chi connectivity index (χ2v) is 2.18. The van der Waals surface area contributed by atoms with E-state index in [1.165, 1.54) is 0 Å². The van der Waals surface area contributed by atoms with E-state index < -0.39 is 0 Å². The predicted octanol–water partition coefficient (Wildman–Crippen LogP) is 1.21. The highest BCUT2D eigenvalue weighted by Gasteiger charge is 2.02. The van der Waals surface area contributed by atoms with Crippen LogP contribution in [0.25, 0.3) is 0 Å². The van der Waals surface area contributed by atoms with Crippen LogP contribution in [0.4, 0.5) is 0 Å². The Kier molecular flexibility index (Phi) is 10.8. The number of hydrogen-bond acceptors (Lipinski definition) is 5. The summed E-state index contributed by atoms with van der Waals surface area (Å²) in [5, 5.41) is 8.57. The second-order valence-electron chi connectivity index (χ2n) is 2.18. The highest BCUT2D eigenvalue weighted by Crippen LogP contribution is 2.26. The maximum Gasteiger partial charge on any atom is 0.162 e. The lowest BCUT2D eigenvalue weighted by Gasteiger charge is -2.06. The van der Waals surface area contributed by atoms with Crippen LogP contribution in [-0.4, -0.2) is 27.8 Å². The average Bonchev–Trinajstić information content (AvgIpc) is 2.42. The first-order valence-corrected chi connectivity index (χ1v) is 4.01. The van der Waals surface area contributed by atoms with Gasteiger partial charge in [-0.25, -0.2) is 0 Å². The second kappa shape index (κ2) is 10.7. The van der Waals surface area contributed by atoms with Gasteiger partial charge in [-0.05, 0) is 12.1 Å². The van der Waals surface area contributed by atoms with E-state index in [0.29, 0.717) is 17.1 Å². The third kappa shape index (κ3) is 4.77. The van der Waals surface area contributed by atoms with Crippen LogP contribution < -0.4 is 9.47 Å². The van der Waals surface area contributed by atoms with Gasteiger partial charge in [0.2, 0.25) is 0 Å². The smallest absolute Gasteiger partial charge is 0.162 e. The molecule has 86 valence electrons. The van der Waals surface area contributed by atoms with E-state index in [0.717, 1.165) is 0 Å². The van der Waals surface area contributed by atoms with Crippen LogP contribution in [0.15, 0.2) is 18.2 Å². The summed E-state index contributed by atoms with van der Waals surface area (Å²) in [6.07, 6.45) is 0. The van der Waals surface area contributed by atoms with Crippen molar-refractivity contribution in [1.29, 1.82) is 5.26 Å². The molecule has 0 aliphatic heterocycles. The number of carbonyl (C=O) groups excluding carboxylic acids is 2. The molecule has 0 N–H and O–H groups in total. The molecule has 0 amide bonds. The number of nitrogens with zero attached hydrogens (tertiary/aromatic N) is 1. The third-order valence-electron chi connectivity index (χ3n) is 1.51. The molecular weight excluding hydrogens is 210 g/mol. The van der Waals surface area contributed by atoms with Crippen LogP contribution in [0.3, 0.4) is 0 Å². The molecule has 0 spiro atoms. The number of benzene rings is 1. The minimum atomic E-state index is 0.563. The molecule has 0 radical (unpaired) electrons. The Hall–Kier alpha value is -2.35. The van der Waals surface area contributed by atoms with Crippen molar-refractivity contribution < 1.29 is 19.1 Å². The van der Waals surface area contributed by atoms with Crippen molar-refractivity contribution in [1.82, 2.24) is 0 Å². The normalized spacial score (nSPS) is 7.06. The van der Waals surface area contributed by atoms with Gasteiger partial charge in [-0.15, -0.1) is 0 Å². The van der Waals surface area contributed by atoms with Crippen LogP contribution in [0.2, 0.25) is 0 Å². The molecule has 0 unspecified atom stereocenters. The average molecular weight is 223 g/mol. The van der Waals surface area contributed by atoms with Gasteiger partial charge in [0, 0.05) is 6.07 Å². The fourth-order valence-electron chi connectivity index (χ4n) is 0.906. The summed E-state index contributed by atoms with van der Waals surface area (Å²) in [5.41, 5.74) is 0.563. The van der Waals surface area contributed by atoms with Crippen molar-refractivity contribution in [2.75, 3.05) is 14.2 Å². The Morgan fingerprint density at radius 1 is 1.06 bits per heavy atom. The van der Waals surface area contributed by atoms with Gasteiger partial charge in [-0.1, -0.05) is 0 Å². The first kappa shape index (κ1) is 16.1. The number of hydrogen-bond donors (Lipinski definition) is 0. The van der Waals surface area contributed by atoms with Crippen molar-refractivity contribution in [3.05, 3.63) is 23.8 Å². The topological polar surface area (TPSA) is 76.4 Å². The van der Waals surface area contributed by atoms with Gasteiger partial charge in [0.15, 0.2) is 11.5 Å². The predicted molar refractivity (Wildman–Crippen MR) is 58.5 cm³/mol. The van der Waals surface area contributed by atoms with Crippen molar-refractivity contribution in [3.63, 3.8) is 0 Å². The minimum Gasteiger partial charge on any atom is -0.493 e. The first-order chi connectivity index (χ1) is 7.81. The fourth-order valence-corrected chi connectivity index (χ4v) is 0.906. The van der Waals surface area contributed by atoms with Gasteiger partial charge in [0.05, 0.1) is 25.9 Å². The third-order valence-corrected chi connectivity index (χ3v) is 1.51. The van der Waals surface area contributed by atoms with Crippen LogP contribution in [0.1, 0.15) is 5.56 Å². The SMILES string of the molecule is C=O.C=O.COc1ccc(C#N)cc1OC. The Labute approximate surface area is 94.2 Å². The Morgan fingerprint density at radius 3 is 1.94 bits per heavy atom. The van der Waals surface area contributed by atoms with E-state index in [1.54, 1.807) is 32.4 Å². The largest absolute Gasteiger partial charge is 0.493 e. The molecule has 1 aromatic rings. The van der Waals surface area contributed by atoms with Crippen LogP contribution in [-0.2, 0) is 9.59 Å². The van der Waals surface area contributed by atoms with Gasteiger partial charge in [-0.2, -0.15) is 5.26 Å². The zero-order valence-corrected chi connectivity index (χ0v) is 9.23. The molecule has 0 saturated heterocycles. The zero-order chi connectivity index (χ0) is 13.0. The van der Waals surface area contributed by atoms with E-state index in [-0.39, 0.29) is 0 Å². The molecular formula is C11H13NO4. The molecule has 0 fully saturated rings. The summed E-state index contributed by atoms with van der Waals surface area (Å²) in [6, 6.07) is 7.04. The molecule has 16 heavy (non-hydrogen) atoms. The Balaban J connectivity index is 0. The van der Waals surface area contributed by atoms with Crippen molar-refractivity contribution >= 4 is 13.6 Å². The molecule has 5 heteroatoms. The standard InChI is InChI=1S/C9H9NO2.2CH2O/c1-11-8-4-3-7(6-10)5-9(8)12-2;2*1-2/h3-5H,1-2H3;2*1H2. The van der Waals surface area contributed by atoms with E-state index in [4.69, 9.17) is 24.3 Å². The summed E-state index contributed by atoms with van der Waals surface area (Å²) < 4.78 is 10.0. The van der Waals surface area contributed by atoms with Gasteiger partial charge in [0.1, 0.15) is 13.6 Å². The summed E-state index contributed by atoms with van der Waals surface area (Å²) in [5.74, 6) is 1.22. The maximum absolute atomic E-state index is 8.57. The number of rotatable bonds is 2. The summed E-state index contributed by atoms with van der Waals surface area (Å²) in [7, 11) is 3.10. The first-order valence-electron chi connectivity index (χ1n) is 4.01. The van der Waals surface area contributed by atoms with Crippen LogP contribution in [0, 0.1) is 11.3 Å². The van der Waals surface area contributed by atoms with E-state index in [9.17, 15) is 0 Å². The number of carbonyl (C=O) groups is 2. The molecule has 5 nitrogen and oxygen atoms in total. The molecule has 0 heterocycles.